The van der Waals surface area contributed by atoms with Crippen LogP contribution < -0.4 is 9.61 Å². The smallest absolute Gasteiger partial charge is 0.342 e. The van der Waals surface area contributed by atoms with Crippen LogP contribution in [0.15, 0.2) is 24.3 Å². The highest BCUT2D eigenvalue weighted by Crippen LogP contribution is 2.43. The van der Waals surface area contributed by atoms with Gasteiger partial charge in [0.2, 0.25) is 0 Å². The van der Waals surface area contributed by atoms with Crippen LogP contribution in [0.25, 0.3) is 0 Å². The SMILES string of the molecule is COCP(=O)(NC(C)C(=O)OC(C)C)Oc1ccc([N+](=O)[O-])cc1. The van der Waals surface area contributed by atoms with Gasteiger partial charge in [0.15, 0.2) is 0 Å². The number of nitrogens with one attached hydrogen (secondary N) is 1. The van der Waals surface area contributed by atoms with Gasteiger partial charge in [-0.2, -0.15) is 0 Å². The summed E-state index contributed by atoms with van der Waals surface area (Å²) >= 11 is 0. The highest BCUT2D eigenvalue weighted by atomic mass is 31.2. The number of nitro groups is 1. The number of non-ortho nitro benzene ring substituents is 1. The fourth-order valence-corrected chi connectivity index (χ4v) is 3.42. The summed E-state index contributed by atoms with van der Waals surface area (Å²) in [4.78, 5) is 21.9. The number of carbonyl (C=O) groups excluding carboxylic acids is 1. The van der Waals surface area contributed by atoms with Gasteiger partial charge in [-0.3, -0.25) is 19.5 Å². The molecule has 2 atom stereocenters. The first-order valence-electron chi connectivity index (χ1n) is 7.17. The Morgan fingerprint density at radius 3 is 2.33 bits per heavy atom. The molecule has 10 heteroatoms. The maximum atomic E-state index is 12.8. The third-order valence-electron chi connectivity index (χ3n) is 2.70. The van der Waals surface area contributed by atoms with Crippen molar-refractivity contribution in [1.29, 1.82) is 0 Å². The summed E-state index contributed by atoms with van der Waals surface area (Å²) in [6, 6.07) is 4.20. The lowest BCUT2D eigenvalue weighted by atomic mass is 10.3. The van der Waals surface area contributed by atoms with Gasteiger partial charge in [-0.1, -0.05) is 0 Å². The molecule has 9 nitrogen and oxygen atoms in total. The Bertz CT molecular complexity index is 618. The number of hydrogen-bond donors (Lipinski definition) is 1. The number of methoxy groups -OCH3 is 1. The molecule has 0 aliphatic heterocycles. The van der Waals surface area contributed by atoms with Crippen molar-refractivity contribution >= 4 is 19.2 Å². The van der Waals surface area contributed by atoms with Crippen molar-refractivity contribution in [2.75, 3.05) is 13.5 Å². The molecule has 0 saturated carbocycles. The van der Waals surface area contributed by atoms with Gasteiger partial charge >= 0.3 is 13.5 Å². The zero-order chi connectivity index (χ0) is 18.3. The largest absolute Gasteiger partial charge is 0.462 e. The van der Waals surface area contributed by atoms with Gasteiger partial charge in [-0.25, -0.2) is 5.09 Å². The summed E-state index contributed by atoms with van der Waals surface area (Å²) in [7, 11) is -2.24. The van der Waals surface area contributed by atoms with Crippen molar-refractivity contribution in [2.45, 2.75) is 32.9 Å². The van der Waals surface area contributed by atoms with Crippen molar-refractivity contribution in [3.63, 3.8) is 0 Å². The first-order chi connectivity index (χ1) is 11.2. The number of hydrogen-bond acceptors (Lipinski definition) is 7. The Morgan fingerprint density at radius 2 is 1.88 bits per heavy atom. The fraction of sp³-hybridized carbons (Fsp3) is 0.500. The molecule has 1 aromatic carbocycles. The van der Waals surface area contributed by atoms with E-state index in [-0.39, 0.29) is 23.9 Å². The van der Waals surface area contributed by atoms with Crippen LogP contribution in [0.4, 0.5) is 5.69 Å². The van der Waals surface area contributed by atoms with E-state index in [1.807, 2.05) is 0 Å². The highest BCUT2D eigenvalue weighted by Gasteiger charge is 2.30. The first kappa shape index (κ1) is 20.1. The fourth-order valence-electron chi connectivity index (χ4n) is 1.74. The third-order valence-corrected chi connectivity index (χ3v) is 4.58. The van der Waals surface area contributed by atoms with Gasteiger partial charge in [0.05, 0.1) is 11.0 Å². The molecule has 0 saturated heterocycles. The average molecular weight is 360 g/mol. The number of esters is 1. The molecule has 0 radical (unpaired) electrons. The summed E-state index contributed by atoms with van der Waals surface area (Å²) in [6.45, 7) is 4.89. The second-order valence-corrected chi connectivity index (χ2v) is 7.32. The molecule has 0 aliphatic carbocycles. The van der Waals surface area contributed by atoms with E-state index in [0.29, 0.717) is 0 Å². The lowest BCUT2D eigenvalue weighted by Crippen LogP contribution is -2.36. The molecular weight excluding hydrogens is 339 g/mol. The van der Waals surface area contributed by atoms with Crippen molar-refractivity contribution in [3.8, 4) is 5.75 Å². The summed E-state index contributed by atoms with van der Waals surface area (Å²) in [5, 5.41) is 13.2. The standard InChI is InChI=1S/C14H21N2O7P/c1-10(2)22-14(17)11(3)15-24(20,9-21-4)23-13-7-5-12(6-8-13)16(18)19/h5-8,10-11H,9H2,1-4H3,(H,15,20). The zero-order valence-electron chi connectivity index (χ0n) is 13.9. The molecule has 0 amide bonds. The molecule has 1 aromatic rings. The summed E-state index contributed by atoms with van der Waals surface area (Å²) < 4.78 is 28.1. The Kier molecular flexibility index (Phi) is 7.34. The Morgan fingerprint density at radius 1 is 1.29 bits per heavy atom. The van der Waals surface area contributed by atoms with E-state index < -0.39 is 24.5 Å². The second-order valence-electron chi connectivity index (χ2n) is 5.27. The van der Waals surface area contributed by atoms with Crippen LogP contribution in [0.5, 0.6) is 5.75 Å². The molecule has 1 rings (SSSR count). The zero-order valence-corrected chi connectivity index (χ0v) is 14.8. The van der Waals surface area contributed by atoms with Crippen LogP contribution >= 0.6 is 7.52 Å². The number of nitro benzene ring substituents is 1. The predicted molar refractivity (Wildman–Crippen MR) is 87.0 cm³/mol. The minimum absolute atomic E-state index is 0.120. The monoisotopic (exact) mass is 360 g/mol. The summed E-state index contributed by atoms with van der Waals surface area (Å²) in [5.41, 5.74) is -0.120. The van der Waals surface area contributed by atoms with E-state index in [4.69, 9.17) is 14.0 Å². The number of benzene rings is 1. The minimum Gasteiger partial charge on any atom is -0.462 e. The van der Waals surface area contributed by atoms with E-state index in [2.05, 4.69) is 5.09 Å². The van der Waals surface area contributed by atoms with Crippen LogP contribution in [0.2, 0.25) is 0 Å². The molecule has 1 N–H and O–H groups in total. The van der Waals surface area contributed by atoms with Crippen molar-refractivity contribution in [3.05, 3.63) is 34.4 Å². The highest BCUT2D eigenvalue weighted by molar-refractivity contribution is 7.57. The Hall–Kier alpha value is -1.96. The number of nitrogens with zero attached hydrogens (tertiary/aromatic N) is 1. The van der Waals surface area contributed by atoms with Crippen LogP contribution in [0.1, 0.15) is 20.8 Å². The number of ether oxygens (including phenoxy) is 2. The normalized spacial score (nSPS) is 14.7. The minimum atomic E-state index is -3.58. The molecule has 0 spiro atoms. The quantitative estimate of drug-likeness (QED) is 0.309. The molecule has 0 aromatic heterocycles. The van der Waals surface area contributed by atoms with Gasteiger partial charge in [0, 0.05) is 19.2 Å². The van der Waals surface area contributed by atoms with E-state index in [9.17, 15) is 19.5 Å². The lowest BCUT2D eigenvalue weighted by Gasteiger charge is -2.23. The third kappa shape index (κ3) is 6.27. The number of rotatable bonds is 9. The van der Waals surface area contributed by atoms with E-state index >= 15 is 0 Å². The van der Waals surface area contributed by atoms with Crippen molar-refractivity contribution in [1.82, 2.24) is 5.09 Å². The Labute approximate surface area is 139 Å². The topological polar surface area (TPSA) is 117 Å². The lowest BCUT2D eigenvalue weighted by molar-refractivity contribution is -0.384. The average Bonchev–Trinajstić information content (AvgIpc) is 2.46. The summed E-state index contributed by atoms with van der Waals surface area (Å²) in [6.07, 6.45) is -0.595. The van der Waals surface area contributed by atoms with Gasteiger partial charge in [-0.15, -0.1) is 0 Å². The van der Waals surface area contributed by atoms with Crippen LogP contribution in [0, 0.1) is 10.1 Å². The molecule has 0 fully saturated rings. The maximum absolute atomic E-state index is 12.8. The molecular formula is C14H21N2O7P. The molecule has 0 bridgehead atoms. The Balaban J connectivity index is 2.85. The summed E-state index contributed by atoms with van der Waals surface area (Å²) in [5.74, 6) is -0.425. The second kappa shape index (κ2) is 8.77. The molecule has 2 unspecified atom stereocenters. The van der Waals surface area contributed by atoms with E-state index in [1.165, 1.54) is 38.3 Å². The molecule has 134 valence electrons. The van der Waals surface area contributed by atoms with Crippen molar-refractivity contribution in [2.24, 2.45) is 0 Å². The van der Waals surface area contributed by atoms with Gasteiger partial charge < -0.3 is 14.0 Å². The van der Waals surface area contributed by atoms with Crippen LogP contribution in [-0.4, -0.2) is 36.5 Å². The predicted octanol–water partition coefficient (Wildman–Crippen LogP) is 2.70. The van der Waals surface area contributed by atoms with Crippen molar-refractivity contribution < 1.29 is 28.3 Å². The molecule has 0 aliphatic rings. The number of carbonyl (C=O) groups is 1. The van der Waals surface area contributed by atoms with E-state index in [1.54, 1.807) is 13.8 Å². The molecule has 0 heterocycles. The van der Waals surface area contributed by atoms with Gasteiger partial charge in [-0.05, 0) is 32.9 Å². The maximum Gasteiger partial charge on any atom is 0.342 e. The van der Waals surface area contributed by atoms with Crippen LogP contribution in [0.3, 0.4) is 0 Å². The molecule has 24 heavy (non-hydrogen) atoms. The van der Waals surface area contributed by atoms with E-state index in [0.717, 1.165) is 0 Å². The van der Waals surface area contributed by atoms with Gasteiger partial charge in [0.25, 0.3) is 5.69 Å². The first-order valence-corrected chi connectivity index (χ1v) is 8.98. The van der Waals surface area contributed by atoms with Gasteiger partial charge in [0.1, 0.15) is 18.1 Å². The van der Waals surface area contributed by atoms with Crippen LogP contribution in [-0.2, 0) is 18.8 Å².